The molecule has 0 spiro atoms. The van der Waals surface area contributed by atoms with Crippen molar-refractivity contribution < 1.29 is 23.2 Å². The van der Waals surface area contributed by atoms with E-state index >= 15 is 0 Å². The standard InChI is InChI=1S/C17H11F2N3O4S/c1-26-15-5-2-9(6-14(15)22(24)25)16(23)21-17-20-13(8-27-17)11-7-10(18)3-4-12(11)19/h2-8H,1H3,(H,20,21,23). The average Bonchev–Trinajstić information content (AvgIpc) is 3.11. The number of hydrogen-bond acceptors (Lipinski definition) is 6. The molecule has 1 heterocycles. The number of carbonyl (C=O) groups is 1. The molecule has 3 aromatic rings. The van der Waals surface area contributed by atoms with Crippen molar-refractivity contribution in [3.63, 3.8) is 0 Å². The van der Waals surface area contributed by atoms with Crippen LogP contribution in [0.4, 0.5) is 19.6 Å². The number of methoxy groups -OCH3 is 1. The minimum atomic E-state index is -0.663. The van der Waals surface area contributed by atoms with Gasteiger partial charge in [-0.25, -0.2) is 13.8 Å². The van der Waals surface area contributed by atoms with Crippen LogP contribution < -0.4 is 10.1 Å². The van der Waals surface area contributed by atoms with Gasteiger partial charge in [-0.1, -0.05) is 0 Å². The fourth-order valence-corrected chi connectivity index (χ4v) is 3.00. The fourth-order valence-electron chi connectivity index (χ4n) is 2.29. The number of aromatic nitrogens is 1. The van der Waals surface area contributed by atoms with Gasteiger partial charge in [0, 0.05) is 22.6 Å². The number of nitrogens with one attached hydrogen (secondary N) is 1. The Bertz CT molecular complexity index is 1040. The summed E-state index contributed by atoms with van der Waals surface area (Å²) in [4.78, 5) is 26.8. The number of rotatable bonds is 5. The molecule has 0 aliphatic rings. The Hall–Kier alpha value is -3.40. The van der Waals surface area contributed by atoms with Gasteiger partial charge in [0.2, 0.25) is 0 Å². The average molecular weight is 391 g/mol. The van der Waals surface area contributed by atoms with Crippen LogP contribution in [0, 0.1) is 21.7 Å². The molecule has 0 bridgehead atoms. The summed E-state index contributed by atoms with van der Waals surface area (Å²) in [5.74, 6) is -1.88. The molecule has 7 nitrogen and oxygen atoms in total. The zero-order chi connectivity index (χ0) is 19.6. The Balaban J connectivity index is 1.83. The SMILES string of the molecule is COc1ccc(C(=O)Nc2nc(-c3cc(F)ccc3F)cs2)cc1[N+](=O)[O-]. The number of ether oxygens (including phenoxy) is 1. The van der Waals surface area contributed by atoms with Crippen LogP contribution in [0.25, 0.3) is 11.3 Å². The highest BCUT2D eigenvalue weighted by molar-refractivity contribution is 7.14. The summed E-state index contributed by atoms with van der Waals surface area (Å²) in [6.07, 6.45) is 0. The molecule has 0 saturated heterocycles. The monoisotopic (exact) mass is 391 g/mol. The maximum atomic E-state index is 13.8. The minimum absolute atomic E-state index is 0.0228. The van der Waals surface area contributed by atoms with Gasteiger partial charge in [-0.2, -0.15) is 0 Å². The first-order valence-corrected chi connectivity index (χ1v) is 8.31. The van der Waals surface area contributed by atoms with E-state index < -0.39 is 22.5 Å². The maximum Gasteiger partial charge on any atom is 0.311 e. The van der Waals surface area contributed by atoms with E-state index in [2.05, 4.69) is 10.3 Å². The topological polar surface area (TPSA) is 94.4 Å². The largest absolute Gasteiger partial charge is 0.490 e. The number of carbonyl (C=O) groups excluding carboxylic acids is 1. The first kappa shape index (κ1) is 18.4. The molecule has 0 saturated carbocycles. The Morgan fingerprint density at radius 3 is 2.74 bits per heavy atom. The van der Waals surface area contributed by atoms with Crippen molar-refractivity contribution >= 4 is 28.1 Å². The van der Waals surface area contributed by atoms with Crippen molar-refractivity contribution in [1.29, 1.82) is 0 Å². The van der Waals surface area contributed by atoms with Crippen molar-refractivity contribution in [3.8, 4) is 17.0 Å². The third-order valence-corrected chi connectivity index (χ3v) is 4.32. The highest BCUT2D eigenvalue weighted by atomic mass is 32.1. The number of benzene rings is 2. The first-order valence-electron chi connectivity index (χ1n) is 7.43. The smallest absolute Gasteiger partial charge is 0.311 e. The minimum Gasteiger partial charge on any atom is -0.490 e. The van der Waals surface area contributed by atoms with Gasteiger partial charge in [0.25, 0.3) is 5.91 Å². The van der Waals surface area contributed by atoms with Crippen molar-refractivity contribution in [2.75, 3.05) is 12.4 Å². The molecule has 1 aromatic heterocycles. The molecule has 0 radical (unpaired) electrons. The molecule has 0 atom stereocenters. The molecular weight excluding hydrogens is 380 g/mol. The maximum absolute atomic E-state index is 13.8. The van der Waals surface area contributed by atoms with Crippen LogP contribution in [0.1, 0.15) is 10.4 Å². The molecule has 2 aromatic carbocycles. The van der Waals surface area contributed by atoms with E-state index in [0.717, 1.165) is 35.6 Å². The lowest BCUT2D eigenvalue weighted by molar-refractivity contribution is -0.385. The van der Waals surface area contributed by atoms with E-state index in [1.165, 1.54) is 24.6 Å². The van der Waals surface area contributed by atoms with E-state index in [9.17, 15) is 23.7 Å². The second kappa shape index (κ2) is 7.46. The number of hydrogen-bond donors (Lipinski definition) is 1. The molecule has 0 fully saturated rings. The zero-order valence-electron chi connectivity index (χ0n) is 13.7. The molecule has 0 unspecified atom stereocenters. The van der Waals surface area contributed by atoms with E-state index in [1.807, 2.05) is 0 Å². The lowest BCUT2D eigenvalue weighted by atomic mass is 10.1. The highest BCUT2D eigenvalue weighted by Gasteiger charge is 2.19. The molecule has 27 heavy (non-hydrogen) atoms. The molecule has 0 aliphatic carbocycles. The van der Waals surface area contributed by atoms with Gasteiger partial charge in [0.05, 0.1) is 17.7 Å². The third-order valence-electron chi connectivity index (χ3n) is 3.57. The predicted octanol–water partition coefficient (Wildman–Crippen LogP) is 4.26. The first-order chi connectivity index (χ1) is 12.9. The quantitative estimate of drug-likeness (QED) is 0.518. The molecule has 1 N–H and O–H groups in total. The Kier molecular flexibility index (Phi) is 5.08. The molecule has 10 heteroatoms. The summed E-state index contributed by atoms with van der Waals surface area (Å²) in [7, 11) is 1.28. The third kappa shape index (κ3) is 3.90. The van der Waals surface area contributed by atoms with Gasteiger partial charge in [-0.3, -0.25) is 20.2 Å². The predicted molar refractivity (Wildman–Crippen MR) is 95.1 cm³/mol. The summed E-state index contributed by atoms with van der Waals surface area (Å²) in [6.45, 7) is 0. The van der Waals surface area contributed by atoms with Gasteiger partial charge in [-0.05, 0) is 30.3 Å². The summed E-state index contributed by atoms with van der Waals surface area (Å²) in [5.41, 5.74) is -0.206. The second-order valence-corrected chi connectivity index (χ2v) is 6.12. The van der Waals surface area contributed by atoms with E-state index in [-0.39, 0.29) is 33.4 Å². The van der Waals surface area contributed by atoms with Crippen molar-refractivity contribution in [2.24, 2.45) is 0 Å². The van der Waals surface area contributed by atoms with E-state index in [4.69, 9.17) is 4.74 Å². The van der Waals surface area contributed by atoms with Gasteiger partial charge in [0.1, 0.15) is 11.6 Å². The second-order valence-electron chi connectivity index (χ2n) is 5.26. The number of nitro groups is 1. The van der Waals surface area contributed by atoms with Crippen LogP contribution in [-0.4, -0.2) is 22.9 Å². The molecule has 3 rings (SSSR count). The van der Waals surface area contributed by atoms with Crippen LogP contribution in [0.5, 0.6) is 5.75 Å². The fraction of sp³-hybridized carbons (Fsp3) is 0.0588. The lowest BCUT2D eigenvalue weighted by Gasteiger charge is -2.05. The summed E-state index contributed by atoms with van der Waals surface area (Å²) < 4.78 is 32.0. The van der Waals surface area contributed by atoms with E-state index in [1.54, 1.807) is 0 Å². The summed E-state index contributed by atoms with van der Waals surface area (Å²) >= 11 is 1.01. The number of thiazole rings is 1. The van der Waals surface area contributed by atoms with Gasteiger partial charge in [-0.15, -0.1) is 11.3 Å². The number of amides is 1. The number of nitro benzene ring substituents is 1. The van der Waals surface area contributed by atoms with Crippen LogP contribution in [0.15, 0.2) is 41.8 Å². The molecule has 0 aliphatic heterocycles. The van der Waals surface area contributed by atoms with Gasteiger partial charge >= 0.3 is 5.69 Å². The van der Waals surface area contributed by atoms with Crippen LogP contribution in [-0.2, 0) is 0 Å². The van der Waals surface area contributed by atoms with Crippen LogP contribution in [0.2, 0.25) is 0 Å². The van der Waals surface area contributed by atoms with Crippen LogP contribution in [0.3, 0.4) is 0 Å². The Labute approximate surface area is 155 Å². The van der Waals surface area contributed by atoms with Gasteiger partial charge < -0.3 is 4.74 Å². The molecule has 1 amide bonds. The normalized spacial score (nSPS) is 10.5. The number of anilines is 1. The summed E-state index contributed by atoms with van der Waals surface area (Å²) in [5, 5.41) is 15.1. The van der Waals surface area contributed by atoms with Crippen molar-refractivity contribution in [3.05, 3.63) is 69.1 Å². The van der Waals surface area contributed by atoms with Crippen LogP contribution >= 0.6 is 11.3 Å². The number of nitrogens with zero attached hydrogens (tertiary/aromatic N) is 2. The Morgan fingerprint density at radius 1 is 1.26 bits per heavy atom. The number of halogens is 2. The Morgan fingerprint density at radius 2 is 2.04 bits per heavy atom. The van der Waals surface area contributed by atoms with Crippen molar-refractivity contribution in [1.82, 2.24) is 4.98 Å². The lowest BCUT2D eigenvalue weighted by Crippen LogP contribution is -2.12. The molecular formula is C17H11F2N3O4S. The van der Waals surface area contributed by atoms with Crippen molar-refractivity contribution in [2.45, 2.75) is 0 Å². The van der Waals surface area contributed by atoms with Gasteiger partial charge in [0.15, 0.2) is 10.9 Å². The highest BCUT2D eigenvalue weighted by Crippen LogP contribution is 2.30. The van der Waals surface area contributed by atoms with E-state index in [0.29, 0.717) is 0 Å². The zero-order valence-corrected chi connectivity index (χ0v) is 14.5. The summed E-state index contributed by atoms with van der Waals surface area (Å²) in [6, 6.07) is 6.73. The molecule has 138 valence electrons.